The lowest BCUT2D eigenvalue weighted by Crippen LogP contribution is -2.34. The molecule has 0 aromatic carbocycles. The van der Waals surface area contributed by atoms with Crippen molar-refractivity contribution < 1.29 is 9.09 Å². The van der Waals surface area contributed by atoms with Crippen molar-refractivity contribution >= 4 is 8.03 Å². The van der Waals surface area contributed by atoms with Gasteiger partial charge in [-0.2, -0.15) is 0 Å². The Labute approximate surface area is 170 Å². The fraction of sp³-hybridized carbons (Fsp3) is 0.810. The van der Waals surface area contributed by atoms with Crippen molar-refractivity contribution in [3.63, 3.8) is 0 Å². The van der Waals surface area contributed by atoms with Gasteiger partial charge in [0.15, 0.2) is 8.03 Å². The summed E-state index contributed by atoms with van der Waals surface area (Å²) in [5, 5.41) is 0. The minimum absolute atomic E-state index is 0.0199. The topological polar surface area (TPSA) is 81.2 Å². The first-order valence-corrected chi connectivity index (χ1v) is 12.1. The normalized spacial score (nSPS) is 17.2. The van der Waals surface area contributed by atoms with E-state index in [-0.39, 0.29) is 22.9 Å². The summed E-state index contributed by atoms with van der Waals surface area (Å²) in [6.45, 7) is 12.5. The molecular formula is C21H39N2O4P. The second-order valence-electron chi connectivity index (χ2n) is 8.10. The summed E-state index contributed by atoms with van der Waals surface area (Å²) in [6, 6.07) is 1.42. The lowest BCUT2D eigenvalue weighted by molar-refractivity contribution is 0.0774. The van der Waals surface area contributed by atoms with Crippen molar-refractivity contribution in [2.24, 2.45) is 5.92 Å². The van der Waals surface area contributed by atoms with Gasteiger partial charge < -0.3 is 4.52 Å². The molecule has 162 valence electrons. The minimum atomic E-state index is -2.08. The number of hydrogen-bond acceptors (Lipinski definition) is 4. The lowest BCUT2D eigenvalue weighted by Gasteiger charge is -2.31. The van der Waals surface area contributed by atoms with Crippen LogP contribution in [-0.4, -0.2) is 20.8 Å². The summed E-state index contributed by atoms with van der Waals surface area (Å²) in [7, 11) is -2.08. The zero-order valence-corrected chi connectivity index (χ0v) is 19.4. The molecule has 0 amide bonds. The molecule has 1 aromatic rings. The zero-order chi connectivity index (χ0) is 21.3. The molecule has 1 rings (SSSR count). The number of rotatable bonds is 13. The van der Waals surface area contributed by atoms with Crippen LogP contribution in [0.25, 0.3) is 0 Å². The molecule has 0 spiro atoms. The molecule has 0 bridgehead atoms. The highest BCUT2D eigenvalue weighted by atomic mass is 31.1. The Bertz CT molecular complexity index is 726. The van der Waals surface area contributed by atoms with Gasteiger partial charge in [-0.3, -0.25) is 18.9 Å². The summed E-state index contributed by atoms with van der Waals surface area (Å²) in [5.74, 6) is 0.307. The second-order valence-corrected chi connectivity index (χ2v) is 9.76. The highest BCUT2D eigenvalue weighted by Gasteiger charge is 2.29. The van der Waals surface area contributed by atoms with E-state index in [4.69, 9.17) is 4.52 Å². The van der Waals surface area contributed by atoms with Gasteiger partial charge in [-0.25, -0.2) is 4.79 Å². The Morgan fingerprint density at radius 3 is 2.32 bits per heavy atom. The standard InChI is InChI=1S/C21H39N2O4P/c1-7-16(5)18(23-15-13-19(24)22-20(23)25)12-11-14-21(6,10-4)27-28(26)17(8-2)9-3/h13,15-18,28H,7-12,14H2,1-6H3,(H,22,24,25)/t16?,18-,21?/m0/s1. The van der Waals surface area contributed by atoms with E-state index in [1.165, 1.54) is 6.07 Å². The highest BCUT2D eigenvalue weighted by Crippen LogP contribution is 2.42. The first-order valence-electron chi connectivity index (χ1n) is 10.8. The van der Waals surface area contributed by atoms with Crippen LogP contribution in [0.1, 0.15) is 92.5 Å². The van der Waals surface area contributed by atoms with E-state index in [0.717, 1.165) is 44.9 Å². The second kappa shape index (κ2) is 11.8. The third kappa shape index (κ3) is 7.04. The monoisotopic (exact) mass is 414 g/mol. The summed E-state index contributed by atoms with van der Waals surface area (Å²) < 4.78 is 20.3. The fourth-order valence-electron chi connectivity index (χ4n) is 3.59. The molecule has 0 saturated carbocycles. The molecule has 4 atom stereocenters. The molecule has 6 nitrogen and oxygen atoms in total. The van der Waals surface area contributed by atoms with Gasteiger partial charge in [0, 0.05) is 24.0 Å². The smallest absolute Gasteiger partial charge is 0.324 e. The zero-order valence-electron chi connectivity index (χ0n) is 18.4. The van der Waals surface area contributed by atoms with Crippen LogP contribution in [0.5, 0.6) is 0 Å². The molecule has 3 unspecified atom stereocenters. The number of aromatic nitrogens is 2. The highest BCUT2D eigenvalue weighted by molar-refractivity contribution is 7.40. The van der Waals surface area contributed by atoms with Crippen molar-refractivity contribution in [1.82, 2.24) is 9.55 Å². The Morgan fingerprint density at radius 2 is 1.82 bits per heavy atom. The molecule has 0 aliphatic carbocycles. The van der Waals surface area contributed by atoms with Crippen LogP contribution in [0.3, 0.4) is 0 Å². The quantitative estimate of drug-likeness (QED) is 0.453. The SMILES string of the molecule is CCC(C)[C@H](CCCC(C)(CC)O[PH](=O)C(CC)CC)n1ccc(=O)[nH]c1=O. The van der Waals surface area contributed by atoms with Gasteiger partial charge in [-0.1, -0.05) is 41.0 Å². The largest absolute Gasteiger partial charge is 0.328 e. The Kier molecular flexibility index (Phi) is 10.5. The van der Waals surface area contributed by atoms with Gasteiger partial charge in [0.2, 0.25) is 0 Å². The maximum atomic E-state index is 12.6. The van der Waals surface area contributed by atoms with Gasteiger partial charge in [0.25, 0.3) is 5.56 Å². The maximum absolute atomic E-state index is 12.6. The molecule has 1 aromatic heterocycles. The van der Waals surface area contributed by atoms with Crippen molar-refractivity contribution in [2.45, 2.75) is 104 Å². The van der Waals surface area contributed by atoms with Crippen molar-refractivity contribution in [3.8, 4) is 0 Å². The van der Waals surface area contributed by atoms with Crippen LogP contribution in [0.15, 0.2) is 21.9 Å². The van der Waals surface area contributed by atoms with Crippen molar-refractivity contribution in [1.29, 1.82) is 0 Å². The van der Waals surface area contributed by atoms with Crippen LogP contribution in [0.4, 0.5) is 0 Å². The molecule has 0 radical (unpaired) electrons. The third-order valence-corrected chi connectivity index (χ3v) is 8.31. The number of hydrogen-bond donors (Lipinski definition) is 1. The van der Waals surface area contributed by atoms with Crippen LogP contribution >= 0.6 is 8.03 Å². The lowest BCUT2D eigenvalue weighted by atomic mass is 9.90. The van der Waals surface area contributed by atoms with Crippen molar-refractivity contribution in [3.05, 3.63) is 33.1 Å². The average Bonchev–Trinajstić information content (AvgIpc) is 2.66. The Balaban J connectivity index is 2.85. The Morgan fingerprint density at radius 1 is 1.18 bits per heavy atom. The van der Waals surface area contributed by atoms with E-state index < -0.39 is 13.6 Å². The molecule has 1 heterocycles. The summed E-state index contributed by atoms with van der Waals surface area (Å²) >= 11 is 0. The van der Waals surface area contributed by atoms with Gasteiger partial charge in [-0.05, 0) is 51.4 Å². The molecular weight excluding hydrogens is 375 g/mol. The fourth-order valence-corrected chi connectivity index (χ4v) is 5.16. The summed E-state index contributed by atoms with van der Waals surface area (Å²) in [5.41, 5.74) is -0.994. The van der Waals surface area contributed by atoms with Gasteiger partial charge in [0.05, 0.1) is 5.60 Å². The van der Waals surface area contributed by atoms with E-state index in [9.17, 15) is 14.2 Å². The van der Waals surface area contributed by atoms with Crippen LogP contribution in [0, 0.1) is 5.92 Å². The summed E-state index contributed by atoms with van der Waals surface area (Å²) in [4.78, 5) is 26.0. The predicted octanol–water partition coefficient (Wildman–Crippen LogP) is 5.14. The number of nitrogens with one attached hydrogen (secondary N) is 1. The van der Waals surface area contributed by atoms with Crippen LogP contribution in [-0.2, 0) is 9.09 Å². The first kappa shape index (κ1) is 24.9. The van der Waals surface area contributed by atoms with Gasteiger partial charge in [-0.15, -0.1) is 0 Å². The van der Waals surface area contributed by atoms with E-state index in [2.05, 4.69) is 39.6 Å². The van der Waals surface area contributed by atoms with E-state index in [0.29, 0.717) is 5.92 Å². The molecule has 0 saturated heterocycles. The molecule has 0 aliphatic heterocycles. The molecule has 1 N–H and O–H groups in total. The summed E-state index contributed by atoms with van der Waals surface area (Å²) in [6.07, 6.45) is 7.56. The number of aromatic amines is 1. The first-order chi connectivity index (χ1) is 13.2. The predicted molar refractivity (Wildman–Crippen MR) is 117 cm³/mol. The molecule has 7 heteroatoms. The Hall–Kier alpha value is -1.13. The number of H-pyrrole nitrogens is 1. The molecule has 28 heavy (non-hydrogen) atoms. The third-order valence-electron chi connectivity index (χ3n) is 6.13. The van der Waals surface area contributed by atoms with Gasteiger partial charge >= 0.3 is 5.69 Å². The average molecular weight is 415 g/mol. The van der Waals surface area contributed by atoms with E-state index in [1.54, 1.807) is 10.8 Å². The minimum Gasteiger partial charge on any atom is -0.324 e. The number of nitrogens with zero attached hydrogens (tertiary/aromatic N) is 1. The van der Waals surface area contributed by atoms with Gasteiger partial charge in [0.1, 0.15) is 0 Å². The van der Waals surface area contributed by atoms with E-state index in [1.807, 2.05) is 6.92 Å². The van der Waals surface area contributed by atoms with Crippen LogP contribution in [0.2, 0.25) is 0 Å². The molecule has 0 aliphatic rings. The molecule has 0 fully saturated rings. The van der Waals surface area contributed by atoms with Crippen molar-refractivity contribution in [2.75, 3.05) is 0 Å². The van der Waals surface area contributed by atoms with Crippen LogP contribution < -0.4 is 11.2 Å². The van der Waals surface area contributed by atoms with E-state index >= 15 is 0 Å². The maximum Gasteiger partial charge on any atom is 0.328 e.